The molecular formula is C21H17N5O4S. The molecule has 0 aliphatic heterocycles. The Kier molecular flexibility index (Phi) is 5.46. The van der Waals surface area contributed by atoms with Gasteiger partial charge in [0.05, 0.1) is 16.8 Å². The van der Waals surface area contributed by atoms with E-state index in [1.807, 2.05) is 0 Å². The van der Waals surface area contributed by atoms with Crippen molar-refractivity contribution < 1.29 is 14.4 Å². The van der Waals surface area contributed by atoms with E-state index in [9.17, 15) is 19.2 Å². The van der Waals surface area contributed by atoms with Gasteiger partial charge in [0.2, 0.25) is 17.2 Å². The average molecular weight is 435 g/mol. The third-order valence-corrected chi connectivity index (χ3v) is 5.33. The first-order valence-corrected chi connectivity index (χ1v) is 10.1. The van der Waals surface area contributed by atoms with Crippen LogP contribution in [0.15, 0.2) is 53.5 Å². The smallest absolute Gasteiger partial charge is 0.257 e. The molecule has 0 saturated heterocycles. The minimum atomic E-state index is -0.639. The van der Waals surface area contributed by atoms with Crippen molar-refractivity contribution in [3.05, 3.63) is 64.4 Å². The molecule has 0 aliphatic carbocycles. The number of nitrogens with zero attached hydrogens (tertiary/aromatic N) is 1. The van der Waals surface area contributed by atoms with Gasteiger partial charge in [0.15, 0.2) is 5.13 Å². The van der Waals surface area contributed by atoms with Gasteiger partial charge in [0.1, 0.15) is 5.56 Å². The molecule has 2 aromatic carbocycles. The number of para-hydroxylation sites is 1. The van der Waals surface area contributed by atoms with Crippen LogP contribution in [-0.2, 0) is 9.59 Å². The number of hydrogen-bond acceptors (Lipinski definition) is 6. The molecule has 0 spiro atoms. The van der Waals surface area contributed by atoms with Gasteiger partial charge >= 0.3 is 0 Å². The van der Waals surface area contributed by atoms with E-state index >= 15 is 0 Å². The number of thiazole rings is 1. The van der Waals surface area contributed by atoms with E-state index in [1.165, 1.54) is 24.5 Å². The lowest BCUT2D eigenvalue weighted by molar-refractivity contribution is -0.115. The Balaban J connectivity index is 1.41. The van der Waals surface area contributed by atoms with Crippen LogP contribution >= 0.6 is 11.3 Å². The second-order valence-electron chi connectivity index (χ2n) is 6.69. The summed E-state index contributed by atoms with van der Waals surface area (Å²) in [6, 6.07) is 12.0. The SMILES string of the molecule is CC(=O)Nc1nc2ccc(NC(=O)CNC(=O)c3c[nH]c4ccccc4c3=O)cc2s1. The number of benzene rings is 2. The number of carbonyl (C=O) groups excluding carboxylic acids is 3. The number of hydrogen-bond donors (Lipinski definition) is 4. The topological polar surface area (TPSA) is 133 Å². The van der Waals surface area contributed by atoms with Crippen molar-refractivity contribution in [2.75, 3.05) is 17.2 Å². The number of fused-ring (bicyclic) bond motifs is 2. The summed E-state index contributed by atoms with van der Waals surface area (Å²) in [6.45, 7) is 1.10. The van der Waals surface area contributed by atoms with Crippen molar-refractivity contribution in [3.8, 4) is 0 Å². The average Bonchev–Trinajstić information content (AvgIpc) is 3.13. The molecular weight excluding hydrogens is 418 g/mol. The van der Waals surface area contributed by atoms with E-state index in [0.29, 0.717) is 27.2 Å². The summed E-state index contributed by atoms with van der Waals surface area (Å²) in [5.41, 5.74) is 1.37. The van der Waals surface area contributed by atoms with Crippen LogP contribution in [0.1, 0.15) is 17.3 Å². The first kappa shape index (κ1) is 20.2. The van der Waals surface area contributed by atoms with Crippen LogP contribution in [0.25, 0.3) is 21.1 Å². The van der Waals surface area contributed by atoms with Gasteiger partial charge in [-0.05, 0) is 30.3 Å². The van der Waals surface area contributed by atoms with Crippen molar-refractivity contribution in [2.24, 2.45) is 0 Å². The van der Waals surface area contributed by atoms with E-state index in [4.69, 9.17) is 0 Å². The molecule has 3 amide bonds. The van der Waals surface area contributed by atoms with Crippen LogP contribution in [0.2, 0.25) is 0 Å². The zero-order chi connectivity index (χ0) is 22.0. The predicted molar refractivity (Wildman–Crippen MR) is 119 cm³/mol. The minimum Gasteiger partial charge on any atom is -0.360 e. The second-order valence-corrected chi connectivity index (χ2v) is 7.72. The first-order chi connectivity index (χ1) is 14.9. The number of H-pyrrole nitrogens is 1. The Morgan fingerprint density at radius 2 is 1.90 bits per heavy atom. The molecule has 0 aliphatic rings. The van der Waals surface area contributed by atoms with Crippen molar-refractivity contribution in [1.82, 2.24) is 15.3 Å². The highest BCUT2D eigenvalue weighted by atomic mass is 32.1. The Labute approximate surface area is 179 Å². The molecule has 0 atom stereocenters. The summed E-state index contributed by atoms with van der Waals surface area (Å²) >= 11 is 1.28. The summed E-state index contributed by atoms with van der Waals surface area (Å²) in [4.78, 5) is 55.5. The molecule has 9 nitrogen and oxygen atoms in total. The second kappa shape index (κ2) is 8.36. The first-order valence-electron chi connectivity index (χ1n) is 9.27. The largest absolute Gasteiger partial charge is 0.360 e. The molecule has 10 heteroatoms. The van der Waals surface area contributed by atoms with E-state index in [0.717, 1.165) is 4.70 Å². The van der Waals surface area contributed by atoms with E-state index in [-0.39, 0.29) is 18.0 Å². The predicted octanol–water partition coefficient (Wildman–Crippen LogP) is 2.46. The molecule has 156 valence electrons. The summed E-state index contributed by atoms with van der Waals surface area (Å²) < 4.78 is 0.785. The lowest BCUT2D eigenvalue weighted by Gasteiger charge is -2.07. The standard InChI is InChI=1S/C21H17N5O4S/c1-11(27)24-21-26-16-7-6-12(8-17(16)31-21)25-18(28)10-23-20(30)14-9-22-15-5-3-2-4-13(15)19(14)29/h2-9H,10H2,1H3,(H,22,29)(H,23,30)(H,25,28)(H,24,26,27). The Morgan fingerprint density at radius 1 is 1.10 bits per heavy atom. The van der Waals surface area contributed by atoms with Crippen molar-refractivity contribution in [3.63, 3.8) is 0 Å². The third-order valence-electron chi connectivity index (χ3n) is 4.40. The Morgan fingerprint density at radius 3 is 2.71 bits per heavy atom. The van der Waals surface area contributed by atoms with Gasteiger partial charge < -0.3 is 20.9 Å². The lowest BCUT2D eigenvalue weighted by atomic mass is 10.1. The van der Waals surface area contributed by atoms with Crippen LogP contribution < -0.4 is 21.4 Å². The summed E-state index contributed by atoms with van der Waals surface area (Å²) in [5.74, 6) is -1.30. The van der Waals surface area contributed by atoms with Crippen molar-refractivity contribution in [2.45, 2.75) is 6.92 Å². The molecule has 4 rings (SSSR count). The van der Waals surface area contributed by atoms with Gasteiger partial charge in [-0.25, -0.2) is 4.98 Å². The molecule has 0 fully saturated rings. The van der Waals surface area contributed by atoms with Crippen LogP contribution in [-0.4, -0.2) is 34.2 Å². The fourth-order valence-corrected chi connectivity index (χ4v) is 3.95. The van der Waals surface area contributed by atoms with Crippen molar-refractivity contribution >= 4 is 61.0 Å². The highest BCUT2D eigenvalue weighted by molar-refractivity contribution is 7.22. The van der Waals surface area contributed by atoms with Crippen molar-refractivity contribution in [1.29, 1.82) is 0 Å². The number of aromatic nitrogens is 2. The maximum absolute atomic E-state index is 12.5. The Hall–Kier alpha value is -4.05. The van der Waals surface area contributed by atoms with Crippen LogP contribution in [0.4, 0.5) is 10.8 Å². The number of carbonyl (C=O) groups is 3. The van der Waals surface area contributed by atoms with Crippen LogP contribution in [0.3, 0.4) is 0 Å². The lowest BCUT2D eigenvalue weighted by Crippen LogP contribution is -2.35. The Bertz CT molecular complexity index is 1390. The molecule has 4 N–H and O–H groups in total. The highest BCUT2D eigenvalue weighted by Crippen LogP contribution is 2.28. The number of pyridine rings is 1. The van der Waals surface area contributed by atoms with E-state index in [2.05, 4.69) is 25.9 Å². The number of aromatic amines is 1. The zero-order valence-corrected chi connectivity index (χ0v) is 17.1. The molecule has 0 bridgehead atoms. The normalized spacial score (nSPS) is 10.7. The number of amides is 3. The molecule has 0 radical (unpaired) electrons. The molecule has 2 aromatic heterocycles. The summed E-state index contributed by atoms with van der Waals surface area (Å²) in [7, 11) is 0. The van der Waals surface area contributed by atoms with Gasteiger partial charge in [0, 0.05) is 29.7 Å². The molecule has 31 heavy (non-hydrogen) atoms. The van der Waals surface area contributed by atoms with E-state index < -0.39 is 17.2 Å². The molecule has 2 heterocycles. The van der Waals surface area contributed by atoms with Gasteiger partial charge in [-0.3, -0.25) is 19.2 Å². The van der Waals surface area contributed by atoms with Crippen LogP contribution in [0.5, 0.6) is 0 Å². The fraction of sp³-hybridized carbons (Fsp3) is 0.0952. The number of anilines is 2. The van der Waals surface area contributed by atoms with Gasteiger partial charge in [-0.1, -0.05) is 23.5 Å². The summed E-state index contributed by atoms with van der Waals surface area (Å²) in [5, 5.41) is 8.64. The minimum absolute atomic E-state index is 0.0666. The number of nitrogens with one attached hydrogen (secondary N) is 4. The monoisotopic (exact) mass is 435 g/mol. The number of rotatable bonds is 5. The summed E-state index contributed by atoms with van der Waals surface area (Å²) in [6.07, 6.45) is 1.34. The molecule has 0 saturated carbocycles. The maximum atomic E-state index is 12.5. The van der Waals surface area contributed by atoms with E-state index in [1.54, 1.807) is 42.5 Å². The fourth-order valence-electron chi connectivity index (χ4n) is 3.00. The molecule has 4 aromatic rings. The third kappa shape index (κ3) is 4.43. The van der Waals surface area contributed by atoms with Crippen LogP contribution in [0, 0.1) is 0 Å². The van der Waals surface area contributed by atoms with Gasteiger partial charge in [-0.2, -0.15) is 0 Å². The zero-order valence-electron chi connectivity index (χ0n) is 16.3. The van der Waals surface area contributed by atoms with Gasteiger partial charge in [0.25, 0.3) is 5.91 Å². The van der Waals surface area contributed by atoms with Gasteiger partial charge in [-0.15, -0.1) is 0 Å². The highest BCUT2D eigenvalue weighted by Gasteiger charge is 2.14. The quantitative estimate of drug-likeness (QED) is 0.382. The maximum Gasteiger partial charge on any atom is 0.257 e. The molecule has 0 unspecified atom stereocenters.